The van der Waals surface area contributed by atoms with Gasteiger partial charge in [0, 0.05) is 47.7 Å². The van der Waals surface area contributed by atoms with Gasteiger partial charge in [-0.15, -0.1) is 6.42 Å². The standard InChI is InChI=1S/C22H17N5O3/c1-3-14-4-5-20-16(6-14)10-23-22(26-20)25-18-7-15(17-11-24-27(2)12-17)8-19(9-18)30-13-21(28)29/h1,4-12H,13H2,2H3,(H,28,29)(H,23,25,26). The first kappa shape index (κ1) is 19.0. The highest BCUT2D eigenvalue weighted by molar-refractivity contribution is 5.81. The fraction of sp³-hybridized carbons (Fsp3) is 0.0909. The van der Waals surface area contributed by atoms with Crippen molar-refractivity contribution in [2.45, 2.75) is 0 Å². The zero-order valence-electron chi connectivity index (χ0n) is 16.0. The topological polar surface area (TPSA) is 102 Å². The van der Waals surface area contributed by atoms with Gasteiger partial charge in [-0.1, -0.05) is 5.92 Å². The molecular formula is C22H17N5O3. The predicted octanol–water partition coefficient (Wildman–Crippen LogP) is 3.22. The Hall–Kier alpha value is -4.38. The minimum Gasteiger partial charge on any atom is -0.482 e. The number of aromatic nitrogens is 4. The number of ether oxygens (including phenoxy) is 1. The highest BCUT2D eigenvalue weighted by Gasteiger charge is 2.09. The third kappa shape index (κ3) is 4.20. The summed E-state index contributed by atoms with van der Waals surface area (Å²) in [7, 11) is 1.82. The van der Waals surface area contributed by atoms with Crippen LogP contribution >= 0.6 is 0 Å². The van der Waals surface area contributed by atoms with Crippen molar-refractivity contribution >= 4 is 28.5 Å². The quantitative estimate of drug-likeness (QED) is 0.480. The van der Waals surface area contributed by atoms with Crippen molar-refractivity contribution in [2.24, 2.45) is 7.05 Å². The van der Waals surface area contributed by atoms with Crippen LogP contribution in [0, 0.1) is 12.3 Å². The second-order valence-electron chi connectivity index (χ2n) is 6.57. The number of anilines is 2. The van der Waals surface area contributed by atoms with Crippen molar-refractivity contribution in [3.05, 3.63) is 60.6 Å². The first-order chi connectivity index (χ1) is 14.5. The van der Waals surface area contributed by atoms with E-state index < -0.39 is 12.6 Å². The summed E-state index contributed by atoms with van der Waals surface area (Å²) in [5.74, 6) is 2.33. The summed E-state index contributed by atoms with van der Waals surface area (Å²) in [6, 6.07) is 10.8. The fourth-order valence-electron chi connectivity index (χ4n) is 2.95. The Morgan fingerprint density at radius 1 is 1.23 bits per heavy atom. The molecule has 2 heterocycles. The van der Waals surface area contributed by atoms with E-state index in [1.165, 1.54) is 0 Å². The summed E-state index contributed by atoms with van der Waals surface area (Å²) in [6.07, 6.45) is 10.7. The highest BCUT2D eigenvalue weighted by Crippen LogP contribution is 2.30. The number of nitrogens with zero attached hydrogens (tertiary/aromatic N) is 4. The maximum atomic E-state index is 10.9. The Morgan fingerprint density at radius 3 is 2.83 bits per heavy atom. The molecule has 0 radical (unpaired) electrons. The molecule has 4 rings (SSSR count). The zero-order chi connectivity index (χ0) is 21.1. The molecule has 0 bridgehead atoms. The van der Waals surface area contributed by atoms with Crippen molar-refractivity contribution in [3.63, 3.8) is 0 Å². The molecule has 0 aliphatic carbocycles. The first-order valence-corrected chi connectivity index (χ1v) is 8.99. The third-order valence-corrected chi connectivity index (χ3v) is 4.31. The number of carboxylic acid groups (broad SMARTS) is 1. The molecule has 0 unspecified atom stereocenters. The number of fused-ring (bicyclic) bond motifs is 1. The normalized spacial score (nSPS) is 10.5. The monoisotopic (exact) mass is 399 g/mol. The minimum atomic E-state index is -1.06. The number of terminal acetylenes is 1. The molecule has 0 saturated heterocycles. The largest absolute Gasteiger partial charge is 0.482 e. The van der Waals surface area contributed by atoms with E-state index in [9.17, 15) is 4.79 Å². The molecule has 0 atom stereocenters. The van der Waals surface area contributed by atoms with Gasteiger partial charge in [0.1, 0.15) is 5.75 Å². The van der Waals surface area contributed by atoms with Crippen LogP contribution in [0.1, 0.15) is 5.56 Å². The number of aliphatic carboxylic acids is 1. The van der Waals surface area contributed by atoms with E-state index in [1.807, 2.05) is 37.5 Å². The van der Waals surface area contributed by atoms with Gasteiger partial charge in [-0.25, -0.2) is 14.8 Å². The van der Waals surface area contributed by atoms with Crippen molar-refractivity contribution < 1.29 is 14.6 Å². The van der Waals surface area contributed by atoms with Gasteiger partial charge >= 0.3 is 5.97 Å². The summed E-state index contributed by atoms with van der Waals surface area (Å²) >= 11 is 0. The van der Waals surface area contributed by atoms with Gasteiger partial charge in [0.2, 0.25) is 5.95 Å². The van der Waals surface area contributed by atoms with E-state index in [4.69, 9.17) is 16.3 Å². The van der Waals surface area contributed by atoms with E-state index in [2.05, 4.69) is 26.3 Å². The number of rotatable bonds is 6. The number of hydrogen-bond acceptors (Lipinski definition) is 6. The molecule has 30 heavy (non-hydrogen) atoms. The average molecular weight is 399 g/mol. The van der Waals surface area contributed by atoms with Crippen LogP contribution in [0.3, 0.4) is 0 Å². The lowest BCUT2D eigenvalue weighted by molar-refractivity contribution is -0.139. The van der Waals surface area contributed by atoms with E-state index in [0.717, 1.165) is 27.6 Å². The second kappa shape index (κ2) is 7.93. The van der Waals surface area contributed by atoms with Crippen LogP contribution in [0.2, 0.25) is 0 Å². The van der Waals surface area contributed by atoms with Gasteiger partial charge < -0.3 is 15.2 Å². The molecule has 148 valence electrons. The molecule has 0 aliphatic rings. The van der Waals surface area contributed by atoms with Gasteiger partial charge in [0.15, 0.2) is 6.61 Å². The predicted molar refractivity (Wildman–Crippen MR) is 113 cm³/mol. The molecule has 8 heteroatoms. The summed E-state index contributed by atoms with van der Waals surface area (Å²) < 4.78 is 7.07. The van der Waals surface area contributed by atoms with Gasteiger partial charge in [-0.3, -0.25) is 4.68 Å². The second-order valence-corrected chi connectivity index (χ2v) is 6.57. The van der Waals surface area contributed by atoms with Gasteiger partial charge in [-0.2, -0.15) is 5.10 Å². The smallest absolute Gasteiger partial charge is 0.341 e. The molecule has 0 spiro atoms. The molecule has 2 aromatic carbocycles. The van der Waals surface area contributed by atoms with E-state index in [1.54, 1.807) is 29.2 Å². The van der Waals surface area contributed by atoms with Crippen LogP contribution in [0.25, 0.3) is 22.0 Å². The third-order valence-electron chi connectivity index (χ3n) is 4.31. The molecule has 2 aromatic heterocycles. The van der Waals surface area contributed by atoms with Crippen LogP contribution < -0.4 is 10.1 Å². The van der Waals surface area contributed by atoms with Crippen molar-refractivity contribution in [1.29, 1.82) is 0 Å². The number of nitrogens with one attached hydrogen (secondary N) is 1. The molecule has 2 N–H and O–H groups in total. The van der Waals surface area contributed by atoms with Crippen LogP contribution in [0.5, 0.6) is 5.75 Å². The Morgan fingerprint density at radius 2 is 2.10 bits per heavy atom. The molecule has 0 fully saturated rings. The number of aryl methyl sites for hydroxylation is 1. The van der Waals surface area contributed by atoms with Crippen molar-refractivity contribution in [3.8, 4) is 29.2 Å². The van der Waals surface area contributed by atoms with Crippen LogP contribution in [0.4, 0.5) is 11.6 Å². The van der Waals surface area contributed by atoms with E-state index in [-0.39, 0.29) is 0 Å². The molecule has 8 nitrogen and oxygen atoms in total. The first-order valence-electron chi connectivity index (χ1n) is 8.99. The Balaban J connectivity index is 1.68. The molecular weight excluding hydrogens is 382 g/mol. The summed E-state index contributed by atoms with van der Waals surface area (Å²) in [4.78, 5) is 19.8. The molecule has 0 aliphatic heterocycles. The molecule has 0 saturated carbocycles. The average Bonchev–Trinajstić information content (AvgIpc) is 3.18. The van der Waals surface area contributed by atoms with E-state index in [0.29, 0.717) is 17.4 Å². The summed E-state index contributed by atoms with van der Waals surface area (Å²) in [6.45, 7) is -0.445. The summed E-state index contributed by atoms with van der Waals surface area (Å²) in [5, 5.41) is 17.1. The van der Waals surface area contributed by atoms with Crippen LogP contribution in [-0.2, 0) is 11.8 Å². The molecule has 4 aromatic rings. The summed E-state index contributed by atoms with van der Waals surface area (Å²) in [5.41, 5.74) is 3.83. The maximum absolute atomic E-state index is 10.9. The molecule has 0 amide bonds. The Labute approximate surface area is 172 Å². The maximum Gasteiger partial charge on any atom is 0.341 e. The van der Waals surface area contributed by atoms with Crippen LogP contribution in [0.15, 0.2) is 55.0 Å². The van der Waals surface area contributed by atoms with Crippen LogP contribution in [-0.4, -0.2) is 37.4 Å². The number of hydrogen-bond donors (Lipinski definition) is 2. The lowest BCUT2D eigenvalue weighted by Gasteiger charge is -2.11. The Bertz CT molecular complexity index is 1290. The number of carbonyl (C=O) groups is 1. The van der Waals surface area contributed by atoms with Crippen molar-refractivity contribution in [1.82, 2.24) is 19.7 Å². The lowest BCUT2D eigenvalue weighted by Crippen LogP contribution is -2.09. The van der Waals surface area contributed by atoms with Crippen molar-refractivity contribution in [2.75, 3.05) is 11.9 Å². The lowest BCUT2D eigenvalue weighted by atomic mass is 10.1. The SMILES string of the molecule is C#Cc1ccc2nc(Nc3cc(OCC(=O)O)cc(-c4cnn(C)c4)c3)ncc2c1. The van der Waals surface area contributed by atoms with Gasteiger partial charge in [0.05, 0.1) is 11.7 Å². The zero-order valence-corrected chi connectivity index (χ0v) is 16.0. The van der Waals surface area contributed by atoms with E-state index >= 15 is 0 Å². The van der Waals surface area contributed by atoms with Gasteiger partial charge in [-0.05, 0) is 35.9 Å². The highest BCUT2D eigenvalue weighted by atomic mass is 16.5. The fourth-order valence-corrected chi connectivity index (χ4v) is 2.95. The Kier molecular flexibility index (Phi) is 5.01. The minimum absolute atomic E-state index is 0.392. The number of carboxylic acids is 1. The van der Waals surface area contributed by atoms with Gasteiger partial charge in [0.25, 0.3) is 0 Å². The number of benzene rings is 2.